The van der Waals surface area contributed by atoms with Crippen LogP contribution in [0.15, 0.2) is 0 Å². The molecule has 16 heavy (non-hydrogen) atoms. The van der Waals surface area contributed by atoms with Crippen LogP contribution in [0, 0.1) is 0 Å². The van der Waals surface area contributed by atoms with Gasteiger partial charge in [-0.3, -0.25) is 0 Å². The third-order valence-corrected chi connectivity index (χ3v) is 4.23. The van der Waals surface area contributed by atoms with Crippen molar-refractivity contribution < 1.29 is 10.2 Å². The summed E-state index contributed by atoms with van der Waals surface area (Å²) in [6, 6.07) is 0.694. The van der Waals surface area contributed by atoms with E-state index in [9.17, 15) is 5.11 Å². The molecule has 0 bridgehead atoms. The summed E-state index contributed by atoms with van der Waals surface area (Å²) in [4.78, 5) is 4.88. The second kappa shape index (κ2) is 5.00. The van der Waals surface area contributed by atoms with Crippen LogP contribution in [0.25, 0.3) is 0 Å². The average Bonchev–Trinajstić information content (AvgIpc) is 2.32. The molecule has 0 saturated carbocycles. The normalized spacial score (nSPS) is 29.4. The number of hydrogen-bond acceptors (Lipinski definition) is 4. The molecule has 2 aliphatic heterocycles. The number of hydrogen-bond donors (Lipinski definition) is 2. The number of nitrogens with zero attached hydrogens (tertiary/aromatic N) is 2. The van der Waals surface area contributed by atoms with Gasteiger partial charge in [-0.1, -0.05) is 0 Å². The highest BCUT2D eigenvalue weighted by molar-refractivity contribution is 4.89. The fourth-order valence-corrected chi connectivity index (χ4v) is 2.82. The van der Waals surface area contributed by atoms with E-state index >= 15 is 0 Å². The highest BCUT2D eigenvalue weighted by Gasteiger charge is 2.34. The average molecular weight is 228 g/mol. The van der Waals surface area contributed by atoms with Crippen molar-refractivity contribution in [3.63, 3.8) is 0 Å². The Morgan fingerprint density at radius 3 is 2.19 bits per heavy atom. The number of aliphatic hydroxyl groups excluding tert-OH is 1. The van der Waals surface area contributed by atoms with Gasteiger partial charge in [-0.2, -0.15) is 0 Å². The molecule has 0 aromatic heterocycles. The molecule has 2 aliphatic rings. The van der Waals surface area contributed by atoms with E-state index in [0.717, 1.165) is 25.9 Å². The zero-order chi connectivity index (χ0) is 11.6. The predicted octanol–water partition coefficient (Wildman–Crippen LogP) is -0.100. The van der Waals surface area contributed by atoms with Crippen molar-refractivity contribution >= 4 is 0 Å². The van der Waals surface area contributed by atoms with E-state index in [1.165, 1.54) is 25.9 Å². The Morgan fingerprint density at radius 1 is 1.12 bits per heavy atom. The Kier molecular flexibility index (Phi) is 3.85. The van der Waals surface area contributed by atoms with E-state index in [2.05, 4.69) is 16.8 Å². The van der Waals surface area contributed by atoms with Crippen LogP contribution in [0.4, 0.5) is 0 Å². The fraction of sp³-hybridized carbons (Fsp3) is 1.00. The van der Waals surface area contributed by atoms with Crippen LogP contribution < -0.4 is 0 Å². The van der Waals surface area contributed by atoms with E-state index in [1.54, 1.807) is 0 Å². The molecule has 0 aromatic rings. The van der Waals surface area contributed by atoms with Gasteiger partial charge in [0, 0.05) is 19.1 Å². The van der Waals surface area contributed by atoms with Crippen LogP contribution in [0.1, 0.15) is 25.7 Å². The van der Waals surface area contributed by atoms with Crippen LogP contribution in [0.5, 0.6) is 0 Å². The first-order chi connectivity index (χ1) is 7.63. The van der Waals surface area contributed by atoms with Crippen molar-refractivity contribution in [3.8, 4) is 0 Å². The largest absolute Gasteiger partial charge is 0.393 e. The van der Waals surface area contributed by atoms with Crippen molar-refractivity contribution in [1.82, 2.24) is 9.80 Å². The zero-order valence-electron chi connectivity index (χ0n) is 10.2. The highest BCUT2D eigenvalue weighted by Crippen LogP contribution is 2.25. The van der Waals surface area contributed by atoms with Gasteiger partial charge in [0.05, 0.1) is 12.2 Å². The lowest BCUT2D eigenvalue weighted by Crippen LogP contribution is -2.52. The summed E-state index contributed by atoms with van der Waals surface area (Å²) in [6.07, 6.45) is 3.92. The van der Waals surface area contributed by atoms with Gasteiger partial charge in [-0.25, -0.2) is 0 Å². The first-order valence-electron chi connectivity index (χ1n) is 6.39. The van der Waals surface area contributed by atoms with Gasteiger partial charge in [0.25, 0.3) is 0 Å². The van der Waals surface area contributed by atoms with Gasteiger partial charge in [0.1, 0.15) is 0 Å². The summed E-state index contributed by atoms with van der Waals surface area (Å²) < 4.78 is 0. The lowest BCUT2D eigenvalue weighted by Gasteiger charge is -2.43. The number of aliphatic hydroxyl groups is 2. The maximum atomic E-state index is 9.95. The summed E-state index contributed by atoms with van der Waals surface area (Å²) in [5.74, 6) is 0. The maximum absolute atomic E-state index is 9.95. The third kappa shape index (κ3) is 2.74. The standard InChI is InChI=1S/C12H24N2O2/c1-13-6-2-11(3-7-13)14-8-4-12(16,10-15)5-9-14/h11,15-16H,2-10H2,1H3. The molecule has 2 fully saturated rings. The van der Waals surface area contributed by atoms with Gasteiger partial charge in [-0.05, 0) is 45.8 Å². The van der Waals surface area contributed by atoms with Crippen molar-refractivity contribution in [3.05, 3.63) is 0 Å². The van der Waals surface area contributed by atoms with Crippen molar-refractivity contribution in [2.45, 2.75) is 37.3 Å². The lowest BCUT2D eigenvalue weighted by atomic mass is 9.90. The van der Waals surface area contributed by atoms with Gasteiger partial charge in [0.15, 0.2) is 0 Å². The van der Waals surface area contributed by atoms with Crippen LogP contribution in [0.3, 0.4) is 0 Å². The Labute approximate surface area is 97.9 Å². The van der Waals surface area contributed by atoms with Crippen molar-refractivity contribution in [2.24, 2.45) is 0 Å². The van der Waals surface area contributed by atoms with Gasteiger partial charge >= 0.3 is 0 Å². The summed E-state index contributed by atoms with van der Waals surface area (Å²) in [5, 5.41) is 19.1. The lowest BCUT2D eigenvalue weighted by molar-refractivity contribution is -0.0694. The van der Waals surface area contributed by atoms with Crippen molar-refractivity contribution in [1.29, 1.82) is 0 Å². The van der Waals surface area contributed by atoms with E-state index in [4.69, 9.17) is 5.11 Å². The highest BCUT2D eigenvalue weighted by atomic mass is 16.3. The summed E-state index contributed by atoms with van der Waals surface area (Å²) >= 11 is 0. The molecular formula is C12H24N2O2. The molecule has 2 N–H and O–H groups in total. The Hall–Kier alpha value is -0.160. The molecule has 4 nitrogen and oxygen atoms in total. The van der Waals surface area contributed by atoms with E-state index in [1.807, 2.05) is 0 Å². The minimum absolute atomic E-state index is 0.0890. The van der Waals surface area contributed by atoms with Crippen LogP contribution in [-0.4, -0.2) is 71.5 Å². The van der Waals surface area contributed by atoms with Crippen LogP contribution >= 0.6 is 0 Å². The molecule has 2 heterocycles. The molecule has 2 saturated heterocycles. The molecule has 0 aliphatic carbocycles. The van der Waals surface area contributed by atoms with Crippen LogP contribution in [-0.2, 0) is 0 Å². The second-order valence-corrected chi connectivity index (χ2v) is 5.45. The molecule has 94 valence electrons. The van der Waals surface area contributed by atoms with E-state index in [-0.39, 0.29) is 6.61 Å². The van der Waals surface area contributed by atoms with Gasteiger partial charge in [0.2, 0.25) is 0 Å². The first kappa shape index (κ1) is 12.3. The quantitative estimate of drug-likeness (QED) is 0.693. The third-order valence-electron chi connectivity index (χ3n) is 4.23. The van der Waals surface area contributed by atoms with E-state index in [0.29, 0.717) is 6.04 Å². The Balaban J connectivity index is 1.80. The summed E-state index contributed by atoms with van der Waals surface area (Å²) in [6.45, 7) is 4.15. The summed E-state index contributed by atoms with van der Waals surface area (Å²) in [7, 11) is 2.18. The zero-order valence-corrected chi connectivity index (χ0v) is 10.2. The predicted molar refractivity (Wildman–Crippen MR) is 63.4 cm³/mol. The summed E-state index contributed by atoms with van der Waals surface area (Å²) in [5.41, 5.74) is -0.804. The molecular weight excluding hydrogens is 204 g/mol. The second-order valence-electron chi connectivity index (χ2n) is 5.45. The van der Waals surface area contributed by atoms with Gasteiger partial charge < -0.3 is 20.0 Å². The minimum atomic E-state index is -0.804. The molecule has 0 spiro atoms. The first-order valence-corrected chi connectivity index (χ1v) is 6.39. The molecule has 0 aromatic carbocycles. The molecule has 0 atom stereocenters. The topological polar surface area (TPSA) is 46.9 Å². The monoisotopic (exact) mass is 228 g/mol. The SMILES string of the molecule is CN1CCC(N2CCC(O)(CO)CC2)CC1. The smallest absolute Gasteiger partial charge is 0.0901 e. The van der Waals surface area contributed by atoms with Gasteiger partial charge in [-0.15, -0.1) is 0 Å². The van der Waals surface area contributed by atoms with Crippen LogP contribution in [0.2, 0.25) is 0 Å². The Bertz CT molecular complexity index is 219. The number of likely N-dealkylation sites (tertiary alicyclic amines) is 2. The molecule has 0 amide bonds. The van der Waals surface area contributed by atoms with Crippen molar-refractivity contribution in [2.75, 3.05) is 39.8 Å². The Morgan fingerprint density at radius 2 is 1.69 bits per heavy atom. The number of rotatable bonds is 2. The molecule has 0 unspecified atom stereocenters. The number of piperidine rings is 2. The fourth-order valence-electron chi connectivity index (χ4n) is 2.82. The molecule has 2 rings (SSSR count). The van der Waals surface area contributed by atoms with E-state index < -0.39 is 5.60 Å². The molecule has 0 radical (unpaired) electrons. The molecule has 4 heteroatoms. The maximum Gasteiger partial charge on any atom is 0.0901 e. The minimum Gasteiger partial charge on any atom is -0.393 e.